The maximum atomic E-state index is 11.7. The van der Waals surface area contributed by atoms with E-state index in [2.05, 4.69) is 10.4 Å². The summed E-state index contributed by atoms with van der Waals surface area (Å²) in [4.78, 5) is 11.7. The quantitative estimate of drug-likeness (QED) is 0.786. The van der Waals surface area contributed by atoms with E-state index in [0.717, 1.165) is 24.4 Å². The SMILES string of the molecule is CCc1nn(CC)c(CNC(C(=O)OC)C(C)C)c1Cl. The summed E-state index contributed by atoms with van der Waals surface area (Å²) >= 11 is 6.35. The smallest absolute Gasteiger partial charge is 0.323 e. The van der Waals surface area contributed by atoms with Gasteiger partial charge in [0.25, 0.3) is 0 Å². The standard InChI is InChI=1S/C14H24ClN3O2/c1-6-10-12(15)11(18(7-2)17-10)8-16-13(9(3)4)14(19)20-5/h9,13,16H,6-8H2,1-5H3. The molecule has 5 nitrogen and oxygen atoms in total. The number of rotatable bonds is 7. The molecule has 1 atom stereocenters. The molecule has 1 aromatic heterocycles. The highest BCUT2D eigenvalue weighted by molar-refractivity contribution is 6.31. The summed E-state index contributed by atoms with van der Waals surface area (Å²) in [5.74, 6) is -0.112. The molecule has 114 valence electrons. The fourth-order valence-electron chi connectivity index (χ4n) is 2.11. The third-order valence-electron chi connectivity index (χ3n) is 3.31. The zero-order valence-electron chi connectivity index (χ0n) is 12.9. The molecule has 1 N–H and O–H groups in total. The average Bonchev–Trinajstić information content (AvgIpc) is 2.74. The van der Waals surface area contributed by atoms with Gasteiger partial charge in [-0.25, -0.2) is 0 Å². The van der Waals surface area contributed by atoms with Crippen molar-refractivity contribution in [3.63, 3.8) is 0 Å². The lowest BCUT2D eigenvalue weighted by Gasteiger charge is -2.20. The van der Waals surface area contributed by atoms with Crippen LogP contribution in [0.15, 0.2) is 0 Å². The molecule has 0 aromatic carbocycles. The molecule has 0 aliphatic carbocycles. The first-order valence-corrected chi connectivity index (χ1v) is 7.39. The largest absolute Gasteiger partial charge is 0.468 e. The number of hydrogen-bond acceptors (Lipinski definition) is 4. The third kappa shape index (κ3) is 3.73. The maximum absolute atomic E-state index is 11.7. The minimum atomic E-state index is -0.346. The van der Waals surface area contributed by atoms with Gasteiger partial charge in [0.1, 0.15) is 6.04 Å². The molecule has 1 unspecified atom stereocenters. The van der Waals surface area contributed by atoms with Crippen molar-refractivity contribution >= 4 is 17.6 Å². The van der Waals surface area contributed by atoms with Crippen molar-refractivity contribution in [1.82, 2.24) is 15.1 Å². The Balaban J connectivity index is 2.87. The number of aromatic nitrogens is 2. The Morgan fingerprint density at radius 2 is 2.10 bits per heavy atom. The van der Waals surface area contributed by atoms with Crippen LogP contribution >= 0.6 is 11.6 Å². The summed E-state index contributed by atoms with van der Waals surface area (Å²) in [7, 11) is 1.40. The summed E-state index contributed by atoms with van der Waals surface area (Å²) < 4.78 is 6.70. The summed E-state index contributed by atoms with van der Waals surface area (Å²) in [6.45, 7) is 9.25. The Morgan fingerprint density at radius 1 is 1.45 bits per heavy atom. The first-order chi connectivity index (χ1) is 9.46. The first kappa shape index (κ1) is 17.0. The van der Waals surface area contributed by atoms with Gasteiger partial charge >= 0.3 is 5.97 Å². The Bertz CT molecular complexity index is 458. The van der Waals surface area contributed by atoms with Crippen LogP contribution in [0.2, 0.25) is 5.02 Å². The van der Waals surface area contributed by atoms with Crippen LogP contribution < -0.4 is 5.32 Å². The highest BCUT2D eigenvalue weighted by Crippen LogP contribution is 2.21. The molecule has 0 amide bonds. The van der Waals surface area contributed by atoms with E-state index in [9.17, 15) is 4.79 Å². The highest BCUT2D eigenvalue weighted by atomic mass is 35.5. The van der Waals surface area contributed by atoms with Crippen molar-refractivity contribution in [2.24, 2.45) is 5.92 Å². The zero-order valence-corrected chi connectivity index (χ0v) is 13.6. The Labute approximate surface area is 125 Å². The van der Waals surface area contributed by atoms with Crippen LogP contribution in [0.5, 0.6) is 0 Å². The zero-order chi connectivity index (χ0) is 15.3. The van der Waals surface area contributed by atoms with Crippen LogP contribution in [0.4, 0.5) is 0 Å². The van der Waals surface area contributed by atoms with Gasteiger partial charge in [-0.3, -0.25) is 14.8 Å². The molecule has 0 radical (unpaired) electrons. The van der Waals surface area contributed by atoms with Gasteiger partial charge in [0.15, 0.2) is 0 Å². The van der Waals surface area contributed by atoms with E-state index in [-0.39, 0.29) is 17.9 Å². The predicted molar refractivity (Wildman–Crippen MR) is 79.8 cm³/mol. The van der Waals surface area contributed by atoms with Crippen LogP contribution in [0.1, 0.15) is 39.1 Å². The minimum Gasteiger partial charge on any atom is -0.468 e. The van der Waals surface area contributed by atoms with E-state index in [4.69, 9.17) is 16.3 Å². The molecular formula is C14H24ClN3O2. The summed E-state index contributed by atoms with van der Waals surface area (Å²) in [5, 5.41) is 8.37. The molecule has 1 heterocycles. The number of esters is 1. The maximum Gasteiger partial charge on any atom is 0.323 e. The van der Waals surface area contributed by atoms with E-state index in [1.54, 1.807) is 0 Å². The molecule has 0 aliphatic rings. The number of nitrogens with zero attached hydrogens (tertiary/aromatic N) is 2. The molecule has 1 aromatic rings. The normalized spacial score (nSPS) is 12.8. The fourth-order valence-corrected chi connectivity index (χ4v) is 2.45. The number of carbonyl (C=O) groups is 1. The fraction of sp³-hybridized carbons (Fsp3) is 0.714. The second kappa shape index (κ2) is 7.64. The van der Waals surface area contributed by atoms with Crippen LogP contribution in [-0.2, 0) is 29.0 Å². The van der Waals surface area contributed by atoms with Crippen LogP contribution in [0, 0.1) is 5.92 Å². The van der Waals surface area contributed by atoms with E-state index in [1.165, 1.54) is 7.11 Å². The predicted octanol–water partition coefficient (Wildman–Crippen LogP) is 2.41. The molecule has 20 heavy (non-hydrogen) atoms. The lowest BCUT2D eigenvalue weighted by atomic mass is 10.0. The summed E-state index contributed by atoms with van der Waals surface area (Å²) in [5.41, 5.74) is 1.81. The van der Waals surface area contributed by atoms with Crippen LogP contribution in [0.25, 0.3) is 0 Å². The van der Waals surface area contributed by atoms with Gasteiger partial charge in [0.2, 0.25) is 0 Å². The number of aryl methyl sites for hydroxylation is 2. The van der Waals surface area contributed by atoms with Crippen molar-refractivity contribution in [1.29, 1.82) is 0 Å². The topological polar surface area (TPSA) is 56.2 Å². The Morgan fingerprint density at radius 3 is 2.55 bits per heavy atom. The molecule has 6 heteroatoms. The number of nitrogens with one attached hydrogen (secondary N) is 1. The van der Waals surface area contributed by atoms with Gasteiger partial charge in [-0.15, -0.1) is 0 Å². The van der Waals surface area contributed by atoms with Gasteiger partial charge in [0, 0.05) is 13.1 Å². The highest BCUT2D eigenvalue weighted by Gasteiger charge is 2.24. The van der Waals surface area contributed by atoms with Crippen molar-refractivity contribution in [3.8, 4) is 0 Å². The van der Waals surface area contributed by atoms with Gasteiger partial charge in [0.05, 0.1) is 23.5 Å². The number of hydrogen-bond donors (Lipinski definition) is 1. The van der Waals surface area contributed by atoms with Crippen molar-refractivity contribution in [3.05, 3.63) is 16.4 Å². The van der Waals surface area contributed by atoms with Gasteiger partial charge in [-0.05, 0) is 19.3 Å². The third-order valence-corrected chi connectivity index (χ3v) is 3.74. The Kier molecular flexibility index (Phi) is 6.49. The molecule has 0 aliphatic heterocycles. The van der Waals surface area contributed by atoms with Gasteiger partial charge in [-0.1, -0.05) is 32.4 Å². The molecule has 0 saturated heterocycles. The molecular weight excluding hydrogens is 278 g/mol. The number of methoxy groups -OCH3 is 1. The second-order valence-electron chi connectivity index (χ2n) is 5.00. The molecule has 0 bridgehead atoms. The van der Waals surface area contributed by atoms with Crippen molar-refractivity contribution in [2.45, 2.75) is 53.2 Å². The van der Waals surface area contributed by atoms with Crippen LogP contribution in [0.3, 0.4) is 0 Å². The van der Waals surface area contributed by atoms with Crippen molar-refractivity contribution in [2.75, 3.05) is 7.11 Å². The molecule has 0 saturated carbocycles. The molecule has 0 spiro atoms. The van der Waals surface area contributed by atoms with E-state index in [1.807, 2.05) is 32.4 Å². The Hall–Kier alpha value is -1.07. The van der Waals surface area contributed by atoms with E-state index >= 15 is 0 Å². The van der Waals surface area contributed by atoms with Gasteiger partial charge < -0.3 is 4.74 Å². The first-order valence-electron chi connectivity index (χ1n) is 7.01. The molecule has 0 fully saturated rings. The lowest BCUT2D eigenvalue weighted by Crippen LogP contribution is -2.41. The minimum absolute atomic E-state index is 0.143. The van der Waals surface area contributed by atoms with Crippen molar-refractivity contribution < 1.29 is 9.53 Å². The number of carbonyl (C=O) groups excluding carboxylic acids is 1. The molecule has 1 rings (SSSR count). The van der Waals surface area contributed by atoms with Crippen LogP contribution in [-0.4, -0.2) is 28.9 Å². The second-order valence-corrected chi connectivity index (χ2v) is 5.38. The summed E-state index contributed by atoms with van der Waals surface area (Å²) in [6, 6.07) is -0.346. The van der Waals surface area contributed by atoms with Gasteiger partial charge in [-0.2, -0.15) is 5.10 Å². The number of halogens is 1. The number of ether oxygens (including phenoxy) is 1. The summed E-state index contributed by atoms with van der Waals surface area (Å²) in [6.07, 6.45) is 0.795. The average molecular weight is 302 g/mol. The lowest BCUT2D eigenvalue weighted by molar-refractivity contribution is -0.144. The van der Waals surface area contributed by atoms with E-state index in [0.29, 0.717) is 11.6 Å². The monoisotopic (exact) mass is 301 g/mol. The van der Waals surface area contributed by atoms with E-state index < -0.39 is 0 Å².